The van der Waals surface area contributed by atoms with Crippen LogP contribution in [0.3, 0.4) is 0 Å². The van der Waals surface area contributed by atoms with Gasteiger partial charge in [-0.15, -0.1) is 0 Å². The molecular weight excluding hydrogens is 244 g/mol. The predicted molar refractivity (Wildman–Crippen MR) is 69.9 cm³/mol. The van der Waals surface area contributed by atoms with Gasteiger partial charge in [-0.1, -0.05) is 12.1 Å². The zero-order valence-electron chi connectivity index (χ0n) is 10.4. The summed E-state index contributed by atoms with van der Waals surface area (Å²) in [5, 5.41) is 21.7. The average molecular weight is 258 g/mol. The molecule has 0 aliphatic rings. The van der Waals surface area contributed by atoms with Crippen molar-refractivity contribution >= 4 is 5.91 Å². The lowest BCUT2D eigenvalue weighted by Crippen LogP contribution is -2.27. The van der Waals surface area contributed by atoms with Crippen molar-refractivity contribution in [1.82, 2.24) is 10.3 Å². The van der Waals surface area contributed by atoms with Crippen molar-refractivity contribution in [3.63, 3.8) is 0 Å². The molecule has 19 heavy (non-hydrogen) atoms. The summed E-state index contributed by atoms with van der Waals surface area (Å²) in [6.45, 7) is 1.79. The summed E-state index contributed by atoms with van der Waals surface area (Å²) in [5.74, 6) is -1.21. The molecule has 0 aliphatic carbocycles. The van der Waals surface area contributed by atoms with E-state index in [-0.39, 0.29) is 17.4 Å². The molecule has 3 N–H and O–H groups in total. The molecule has 0 saturated heterocycles. The number of phenolic OH excluding ortho intramolecular Hbond substituents is 2. The Labute approximate surface area is 110 Å². The summed E-state index contributed by atoms with van der Waals surface area (Å²) >= 11 is 0. The number of aromatic hydroxyl groups is 2. The highest BCUT2D eigenvalue weighted by molar-refractivity contribution is 5.97. The Morgan fingerprint density at radius 3 is 2.68 bits per heavy atom. The van der Waals surface area contributed by atoms with Gasteiger partial charge in [-0.05, 0) is 31.2 Å². The molecule has 0 radical (unpaired) electrons. The number of carbonyl (C=O) groups excluding carboxylic acids is 1. The molecule has 2 rings (SSSR count). The van der Waals surface area contributed by atoms with Crippen LogP contribution in [0.1, 0.15) is 29.0 Å². The summed E-state index contributed by atoms with van der Waals surface area (Å²) in [4.78, 5) is 16.1. The summed E-state index contributed by atoms with van der Waals surface area (Å²) in [7, 11) is 0. The Balaban J connectivity index is 2.16. The molecular formula is C14H14N2O3. The van der Waals surface area contributed by atoms with E-state index in [1.165, 1.54) is 18.2 Å². The standard InChI is InChI=1S/C14H14N2O3/c1-9(11-6-2-3-8-15-11)16-14(19)10-5-4-7-12(17)13(10)18/h2-9,17-18H,1H3,(H,16,19). The van der Waals surface area contributed by atoms with Crippen LogP contribution in [0.2, 0.25) is 0 Å². The van der Waals surface area contributed by atoms with Crippen LogP contribution < -0.4 is 5.32 Å². The molecule has 1 atom stereocenters. The molecule has 0 spiro atoms. The van der Waals surface area contributed by atoms with Crippen LogP contribution in [0.4, 0.5) is 0 Å². The fourth-order valence-corrected chi connectivity index (χ4v) is 1.69. The van der Waals surface area contributed by atoms with E-state index in [0.29, 0.717) is 0 Å². The Morgan fingerprint density at radius 2 is 2.00 bits per heavy atom. The normalized spacial score (nSPS) is 11.8. The Kier molecular flexibility index (Phi) is 3.66. The lowest BCUT2D eigenvalue weighted by atomic mass is 10.1. The van der Waals surface area contributed by atoms with Crippen molar-refractivity contribution in [3.8, 4) is 11.5 Å². The van der Waals surface area contributed by atoms with Gasteiger partial charge in [-0.2, -0.15) is 0 Å². The predicted octanol–water partition coefficient (Wildman–Crippen LogP) is 1.98. The monoisotopic (exact) mass is 258 g/mol. The highest BCUT2D eigenvalue weighted by Crippen LogP contribution is 2.28. The van der Waals surface area contributed by atoms with Gasteiger partial charge in [0.2, 0.25) is 0 Å². The summed E-state index contributed by atoms with van der Waals surface area (Å²) in [6.07, 6.45) is 1.64. The topological polar surface area (TPSA) is 82.5 Å². The summed E-state index contributed by atoms with van der Waals surface area (Å²) in [5.41, 5.74) is 0.748. The smallest absolute Gasteiger partial charge is 0.255 e. The van der Waals surface area contributed by atoms with Crippen LogP contribution in [0, 0.1) is 0 Å². The molecule has 1 amide bonds. The second kappa shape index (κ2) is 5.39. The van der Waals surface area contributed by atoms with Crippen LogP contribution in [0.15, 0.2) is 42.6 Å². The molecule has 0 saturated carbocycles. The number of rotatable bonds is 3. The number of para-hydroxylation sites is 1. The van der Waals surface area contributed by atoms with Crippen LogP contribution in [0.5, 0.6) is 11.5 Å². The number of nitrogens with one attached hydrogen (secondary N) is 1. The number of phenols is 2. The molecule has 2 aromatic rings. The first-order chi connectivity index (χ1) is 9.09. The molecule has 1 aromatic carbocycles. The number of amides is 1. The van der Waals surface area contributed by atoms with E-state index in [2.05, 4.69) is 10.3 Å². The quantitative estimate of drug-likeness (QED) is 0.735. The van der Waals surface area contributed by atoms with Gasteiger partial charge in [-0.25, -0.2) is 0 Å². The van der Waals surface area contributed by atoms with Gasteiger partial charge in [0, 0.05) is 6.20 Å². The van der Waals surface area contributed by atoms with E-state index in [4.69, 9.17) is 0 Å². The van der Waals surface area contributed by atoms with Crippen molar-refractivity contribution in [2.24, 2.45) is 0 Å². The minimum Gasteiger partial charge on any atom is -0.504 e. The van der Waals surface area contributed by atoms with Crippen LogP contribution in [-0.4, -0.2) is 21.1 Å². The van der Waals surface area contributed by atoms with Gasteiger partial charge in [-0.3, -0.25) is 9.78 Å². The van der Waals surface area contributed by atoms with Crippen LogP contribution in [0.25, 0.3) is 0 Å². The van der Waals surface area contributed by atoms with E-state index in [1.54, 1.807) is 25.3 Å². The number of pyridine rings is 1. The maximum Gasteiger partial charge on any atom is 0.255 e. The molecule has 1 aromatic heterocycles. The zero-order chi connectivity index (χ0) is 13.8. The molecule has 1 heterocycles. The second-order valence-electron chi connectivity index (χ2n) is 4.12. The number of hydrogen-bond donors (Lipinski definition) is 3. The first-order valence-corrected chi connectivity index (χ1v) is 5.82. The minimum absolute atomic E-state index is 0.0304. The van der Waals surface area contributed by atoms with Gasteiger partial charge in [0.05, 0.1) is 17.3 Å². The van der Waals surface area contributed by atoms with E-state index < -0.39 is 11.7 Å². The van der Waals surface area contributed by atoms with Gasteiger partial charge in [0.1, 0.15) is 0 Å². The van der Waals surface area contributed by atoms with Gasteiger partial charge in [0.15, 0.2) is 11.5 Å². The van der Waals surface area contributed by atoms with E-state index in [9.17, 15) is 15.0 Å². The fourth-order valence-electron chi connectivity index (χ4n) is 1.69. The van der Waals surface area contributed by atoms with Crippen LogP contribution in [-0.2, 0) is 0 Å². The third-order valence-corrected chi connectivity index (χ3v) is 2.74. The van der Waals surface area contributed by atoms with Gasteiger partial charge < -0.3 is 15.5 Å². The van der Waals surface area contributed by atoms with Gasteiger partial charge in [0.25, 0.3) is 5.91 Å². The van der Waals surface area contributed by atoms with Crippen molar-refractivity contribution in [2.75, 3.05) is 0 Å². The van der Waals surface area contributed by atoms with Crippen molar-refractivity contribution in [2.45, 2.75) is 13.0 Å². The van der Waals surface area contributed by atoms with Crippen LogP contribution >= 0.6 is 0 Å². The maximum absolute atomic E-state index is 12.0. The van der Waals surface area contributed by atoms with E-state index in [1.807, 2.05) is 6.07 Å². The fraction of sp³-hybridized carbons (Fsp3) is 0.143. The van der Waals surface area contributed by atoms with Crippen molar-refractivity contribution in [1.29, 1.82) is 0 Å². The largest absolute Gasteiger partial charge is 0.504 e. The summed E-state index contributed by atoms with van der Waals surface area (Å²) < 4.78 is 0. The third-order valence-electron chi connectivity index (χ3n) is 2.74. The lowest BCUT2D eigenvalue weighted by molar-refractivity contribution is 0.0935. The SMILES string of the molecule is CC(NC(=O)c1cccc(O)c1O)c1ccccn1. The highest BCUT2D eigenvalue weighted by atomic mass is 16.3. The molecule has 5 nitrogen and oxygen atoms in total. The van der Waals surface area contributed by atoms with Crippen molar-refractivity contribution < 1.29 is 15.0 Å². The zero-order valence-corrected chi connectivity index (χ0v) is 10.4. The minimum atomic E-state index is -0.466. The van der Waals surface area contributed by atoms with E-state index >= 15 is 0 Å². The van der Waals surface area contributed by atoms with Gasteiger partial charge >= 0.3 is 0 Å². The average Bonchev–Trinajstić information content (AvgIpc) is 2.42. The Morgan fingerprint density at radius 1 is 1.21 bits per heavy atom. The number of hydrogen-bond acceptors (Lipinski definition) is 4. The molecule has 0 bridgehead atoms. The number of nitrogens with zero attached hydrogens (tertiary/aromatic N) is 1. The Bertz CT molecular complexity index is 584. The highest BCUT2D eigenvalue weighted by Gasteiger charge is 2.16. The lowest BCUT2D eigenvalue weighted by Gasteiger charge is -2.14. The molecule has 98 valence electrons. The molecule has 1 unspecified atom stereocenters. The molecule has 0 fully saturated rings. The first kappa shape index (κ1) is 12.9. The van der Waals surface area contributed by atoms with Crippen molar-refractivity contribution in [3.05, 3.63) is 53.9 Å². The van der Waals surface area contributed by atoms with E-state index in [0.717, 1.165) is 5.69 Å². The number of aromatic nitrogens is 1. The summed E-state index contributed by atoms with van der Waals surface area (Å²) in [6, 6.07) is 9.37. The second-order valence-corrected chi connectivity index (χ2v) is 4.12. The molecule has 0 aliphatic heterocycles. The maximum atomic E-state index is 12.0. The number of benzene rings is 1. The Hall–Kier alpha value is -2.56. The third kappa shape index (κ3) is 2.82. The number of carbonyl (C=O) groups is 1. The molecule has 5 heteroatoms. The first-order valence-electron chi connectivity index (χ1n) is 5.82.